The predicted octanol–water partition coefficient (Wildman–Crippen LogP) is 4.27. The van der Waals surface area contributed by atoms with Crippen LogP contribution in [-0.2, 0) is 0 Å². The van der Waals surface area contributed by atoms with E-state index in [1.54, 1.807) is 14.0 Å². The zero-order valence-electron chi connectivity index (χ0n) is 17.8. The highest BCUT2D eigenvalue weighted by Gasteiger charge is 2.30. The number of halogens is 1. The van der Waals surface area contributed by atoms with Crippen LogP contribution in [0.2, 0.25) is 0 Å². The maximum atomic E-state index is 13.4. The van der Waals surface area contributed by atoms with E-state index in [0.717, 1.165) is 27.0 Å². The van der Waals surface area contributed by atoms with Crippen LogP contribution in [0, 0.1) is 13.8 Å². The van der Waals surface area contributed by atoms with Gasteiger partial charge in [-0.05, 0) is 59.6 Å². The lowest BCUT2D eigenvalue weighted by atomic mass is 10.0. The number of nitrogens with two attached hydrogens (primary N) is 1. The van der Waals surface area contributed by atoms with Crippen molar-refractivity contribution in [3.63, 3.8) is 0 Å². The van der Waals surface area contributed by atoms with Crippen LogP contribution in [0.15, 0.2) is 45.4 Å². The molecule has 2 N–H and O–H groups in total. The summed E-state index contributed by atoms with van der Waals surface area (Å²) in [5.74, 6) is 1.07. The number of hydrogen-bond donors (Lipinski definition) is 1. The van der Waals surface area contributed by atoms with Crippen molar-refractivity contribution < 1.29 is 14.1 Å². The highest BCUT2D eigenvalue weighted by Crippen LogP contribution is 2.34. The Bertz CT molecular complexity index is 1120. The molecular weight excluding hydrogens is 460 g/mol. The number of carbonyl (C=O) groups excluding carboxylic acids is 1. The van der Waals surface area contributed by atoms with Crippen molar-refractivity contribution in [3.05, 3.63) is 57.8 Å². The van der Waals surface area contributed by atoms with Gasteiger partial charge < -0.3 is 24.8 Å². The third-order valence-electron chi connectivity index (χ3n) is 5.68. The molecule has 7 nitrogen and oxygen atoms in total. The second kappa shape index (κ2) is 8.63. The second-order valence-corrected chi connectivity index (χ2v) is 8.46. The molecule has 0 aliphatic carbocycles. The summed E-state index contributed by atoms with van der Waals surface area (Å²) in [4.78, 5) is 17.5. The van der Waals surface area contributed by atoms with Crippen LogP contribution >= 0.6 is 15.9 Å². The van der Waals surface area contributed by atoms with Gasteiger partial charge in [-0.1, -0.05) is 17.3 Å². The summed E-state index contributed by atoms with van der Waals surface area (Å²) >= 11 is 3.64. The first kappa shape index (κ1) is 21.2. The van der Waals surface area contributed by atoms with Gasteiger partial charge >= 0.3 is 0 Å². The Kier molecular flexibility index (Phi) is 5.91. The predicted molar refractivity (Wildman–Crippen MR) is 125 cm³/mol. The van der Waals surface area contributed by atoms with Gasteiger partial charge in [0, 0.05) is 41.9 Å². The number of nitrogens with zero attached hydrogens (tertiary/aromatic N) is 3. The van der Waals surface area contributed by atoms with E-state index in [-0.39, 0.29) is 5.91 Å². The van der Waals surface area contributed by atoms with Crippen molar-refractivity contribution in [1.29, 1.82) is 0 Å². The fraction of sp³-hybridized carbons (Fsp3) is 0.304. The first-order valence-corrected chi connectivity index (χ1v) is 10.9. The third kappa shape index (κ3) is 3.99. The number of amides is 1. The Labute approximate surface area is 189 Å². The number of nitrogen functional groups attached to an aromatic ring is 1. The van der Waals surface area contributed by atoms with Crippen molar-refractivity contribution in [2.24, 2.45) is 0 Å². The van der Waals surface area contributed by atoms with E-state index >= 15 is 0 Å². The first-order chi connectivity index (χ1) is 14.9. The molecule has 2 heterocycles. The molecule has 0 unspecified atom stereocenters. The minimum Gasteiger partial charge on any atom is -0.496 e. The maximum Gasteiger partial charge on any atom is 0.259 e. The minimum absolute atomic E-state index is 0.0817. The van der Waals surface area contributed by atoms with Gasteiger partial charge in [0.05, 0.1) is 12.8 Å². The summed E-state index contributed by atoms with van der Waals surface area (Å²) in [5, 5.41) is 4.17. The average Bonchev–Trinajstić information content (AvgIpc) is 3.17. The van der Waals surface area contributed by atoms with E-state index in [9.17, 15) is 4.79 Å². The molecular formula is C23H25BrN4O3. The summed E-state index contributed by atoms with van der Waals surface area (Å²) in [6, 6.07) is 11.5. The van der Waals surface area contributed by atoms with Crippen LogP contribution in [0.4, 0.5) is 11.4 Å². The Morgan fingerprint density at radius 3 is 2.58 bits per heavy atom. The highest BCUT2D eigenvalue weighted by molar-refractivity contribution is 9.10. The Balaban J connectivity index is 1.55. The lowest BCUT2D eigenvalue weighted by Gasteiger charge is -2.36. The van der Waals surface area contributed by atoms with Crippen molar-refractivity contribution in [2.75, 3.05) is 43.9 Å². The van der Waals surface area contributed by atoms with Crippen LogP contribution in [0.1, 0.15) is 21.7 Å². The normalized spacial score (nSPS) is 14.1. The number of para-hydroxylation sites is 1. The van der Waals surface area contributed by atoms with Gasteiger partial charge in [-0.15, -0.1) is 0 Å². The summed E-state index contributed by atoms with van der Waals surface area (Å²) in [6.45, 7) is 6.36. The third-order valence-corrected chi connectivity index (χ3v) is 6.32. The lowest BCUT2D eigenvalue weighted by molar-refractivity contribution is 0.0745. The fourth-order valence-electron chi connectivity index (χ4n) is 3.88. The van der Waals surface area contributed by atoms with Crippen LogP contribution in [0.3, 0.4) is 0 Å². The summed E-state index contributed by atoms with van der Waals surface area (Å²) in [5.41, 5.74) is 10.7. The van der Waals surface area contributed by atoms with Crippen molar-refractivity contribution in [3.8, 4) is 17.0 Å². The van der Waals surface area contributed by atoms with Gasteiger partial charge in [0.15, 0.2) is 0 Å². The summed E-state index contributed by atoms with van der Waals surface area (Å²) in [7, 11) is 1.60. The number of aryl methyl sites for hydroxylation is 2. The molecule has 31 heavy (non-hydrogen) atoms. The van der Waals surface area contributed by atoms with Crippen molar-refractivity contribution in [2.45, 2.75) is 13.8 Å². The number of carbonyl (C=O) groups is 1. The SMILES string of the molecule is COc1ccccc1-c1noc(C)c1C(=O)N1CCN(c2cc(N)c(C)cc2Br)CC1. The number of anilines is 2. The van der Waals surface area contributed by atoms with Crippen LogP contribution in [-0.4, -0.2) is 49.3 Å². The number of ether oxygens (including phenoxy) is 1. The van der Waals surface area contributed by atoms with E-state index in [0.29, 0.717) is 48.9 Å². The van der Waals surface area contributed by atoms with Crippen LogP contribution in [0.5, 0.6) is 5.75 Å². The minimum atomic E-state index is -0.0817. The van der Waals surface area contributed by atoms with Gasteiger partial charge in [0.2, 0.25) is 0 Å². The molecule has 0 radical (unpaired) electrons. The number of benzene rings is 2. The molecule has 1 saturated heterocycles. The fourth-order valence-corrected chi connectivity index (χ4v) is 4.59. The largest absolute Gasteiger partial charge is 0.496 e. The van der Waals surface area contributed by atoms with Gasteiger partial charge in [-0.3, -0.25) is 4.79 Å². The number of piperazine rings is 1. The molecule has 1 aliphatic heterocycles. The molecule has 0 bridgehead atoms. The molecule has 0 saturated carbocycles. The number of aromatic nitrogens is 1. The molecule has 1 aromatic heterocycles. The number of methoxy groups -OCH3 is 1. The molecule has 0 spiro atoms. The zero-order chi connectivity index (χ0) is 22.1. The summed E-state index contributed by atoms with van der Waals surface area (Å²) < 4.78 is 11.9. The second-order valence-electron chi connectivity index (χ2n) is 7.60. The molecule has 4 rings (SSSR count). The standard InChI is InChI=1S/C23H25BrN4O3/c1-14-12-17(24)19(13-18(14)25)27-8-10-28(11-9-27)23(29)21-15(2)31-26-22(21)16-6-4-5-7-20(16)30-3/h4-7,12-13H,8-11,25H2,1-3H3. The van der Waals surface area contributed by atoms with E-state index in [2.05, 4.69) is 26.0 Å². The van der Waals surface area contributed by atoms with Crippen LogP contribution < -0.4 is 15.4 Å². The van der Waals surface area contributed by atoms with E-state index in [1.807, 2.05) is 48.2 Å². The van der Waals surface area contributed by atoms with Crippen molar-refractivity contribution in [1.82, 2.24) is 10.1 Å². The van der Waals surface area contributed by atoms with Gasteiger partial charge in [0.1, 0.15) is 22.8 Å². The molecule has 1 aliphatic rings. The van der Waals surface area contributed by atoms with E-state index < -0.39 is 0 Å². The Morgan fingerprint density at radius 1 is 1.16 bits per heavy atom. The van der Waals surface area contributed by atoms with Gasteiger partial charge in [0.25, 0.3) is 5.91 Å². The number of hydrogen-bond acceptors (Lipinski definition) is 6. The molecule has 162 valence electrons. The summed E-state index contributed by atoms with van der Waals surface area (Å²) in [6.07, 6.45) is 0. The molecule has 3 aromatic rings. The molecule has 8 heteroatoms. The molecule has 2 aromatic carbocycles. The quantitative estimate of drug-likeness (QED) is 0.556. The number of rotatable bonds is 4. The Morgan fingerprint density at radius 2 is 1.87 bits per heavy atom. The van der Waals surface area contributed by atoms with Crippen LogP contribution in [0.25, 0.3) is 11.3 Å². The molecule has 1 fully saturated rings. The maximum absolute atomic E-state index is 13.4. The first-order valence-electron chi connectivity index (χ1n) is 10.1. The Hall–Kier alpha value is -3.00. The van der Waals surface area contributed by atoms with E-state index in [1.165, 1.54) is 0 Å². The molecule has 1 amide bonds. The smallest absolute Gasteiger partial charge is 0.259 e. The highest BCUT2D eigenvalue weighted by atomic mass is 79.9. The average molecular weight is 485 g/mol. The topological polar surface area (TPSA) is 84.8 Å². The van der Waals surface area contributed by atoms with Crippen molar-refractivity contribution >= 4 is 33.2 Å². The van der Waals surface area contributed by atoms with Gasteiger partial charge in [-0.25, -0.2) is 0 Å². The molecule has 0 atom stereocenters. The monoisotopic (exact) mass is 484 g/mol. The van der Waals surface area contributed by atoms with E-state index in [4.69, 9.17) is 15.0 Å². The lowest BCUT2D eigenvalue weighted by Crippen LogP contribution is -2.49. The van der Waals surface area contributed by atoms with Gasteiger partial charge in [-0.2, -0.15) is 0 Å². The zero-order valence-corrected chi connectivity index (χ0v) is 19.4.